The molecule has 5 nitrogen and oxygen atoms in total. The van der Waals surface area contributed by atoms with Crippen molar-refractivity contribution in [3.8, 4) is 6.07 Å². The Morgan fingerprint density at radius 3 is 2.83 bits per heavy atom. The van der Waals surface area contributed by atoms with Gasteiger partial charge in [0.15, 0.2) is 5.58 Å². The Labute approximate surface area is 147 Å². The van der Waals surface area contributed by atoms with Gasteiger partial charge in [-0.05, 0) is 35.9 Å². The molecule has 0 spiro atoms. The van der Waals surface area contributed by atoms with Crippen molar-refractivity contribution < 1.29 is 9.21 Å². The van der Waals surface area contributed by atoms with Crippen LogP contribution in [0.25, 0.3) is 11.1 Å². The van der Waals surface area contributed by atoms with Gasteiger partial charge in [0.1, 0.15) is 5.52 Å². The first-order chi connectivity index (χ1) is 11.6. The third-order valence-corrected chi connectivity index (χ3v) is 4.24. The smallest absolute Gasteiger partial charge is 0.257 e. The first-order valence-corrected chi connectivity index (χ1v) is 8.45. The second-order valence-corrected chi connectivity index (χ2v) is 6.32. The third-order valence-electron chi connectivity index (χ3n) is 3.18. The molecular formula is C17H12ClN3O2S. The third kappa shape index (κ3) is 4.07. The number of oxazole rings is 1. The number of benzene rings is 2. The lowest BCUT2D eigenvalue weighted by molar-refractivity contribution is -0.113. The first kappa shape index (κ1) is 16.4. The maximum atomic E-state index is 12.0. The Morgan fingerprint density at radius 1 is 1.29 bits per heavy atom. The Hall–Kier alpha value is -2.49. The van der Waals surface area contributed by atoms with Crippen LogP contribution in [0.5, 0.6) is 0 Å². The fourth-order valence-corrected chi connectivity index (χ4v) is 2.87. The van der Waals surface area contributed by atoms with Gasteiger partial charge in [-0.3, -0.25) is 4.79 Å². The molecule has 0 aliphatic carbocycles. The van der Waals surface area contributed by atoms with Crippen LogP contribution in [0, 0.1) is 11.3 Å². The predicted octanol–water partition coefficient (Wildman–Crippen LogP) is 4.28. The molecule has 2 aromatic carbocycles. The minimum Gasteiger partial charge on any atom is -0.431 e. The second kappa shape index (κ2) is 7.39. The number of nitrogens with zero attached hydrogens (tertiary/aromatic N) is 2. The standard InChI is InChI=1S/C17H12ClN3O2S/c18-12-3-6-15-14(9-12)21-17(23-15)24-10-16(22)20-13-4-1-11(2-5-13)7-8-19/h1-6,9H,7,10H2,(H,20,22). The normalized spacial score (nSPS) is 10.5. The van der Waals surface area contributed by atoms with E-state index in [9.17, 15) is 4.79 Å². The summed E-state index contributed by atoms with van der Waals surface area (Å²) in [6.45, 7) is 0. The van der Waals surface area contributed by atoms with E-state index >= 15 is 0 Å². The zero-order valence-corrected chi connectivity index (χ0v) is 14.0. The predicted molar refractivity (Wildman–Crippen MR) is 94.1 cm³/mol. The number of nitriles is 1. The average Bonchev–Trinajstić information content (AvgIpc) is 2.97. The molecule has 1 aromatic heterocycles. The number of carbonyl (C=O) groups excluding carboxylic acids is 1. The van der Waals surface area contributed by atoms with Crippen LogP contribution in [-0.2, 0) is 11.2 Å². The number of fused-ring (bicyclic) bond motifs is 1. The molecule has 24 heavy (non-hydrogen) atoms. The molecule has 0 aliphatic rings. The molecule has 1 heterocycles. The second-order valence-electron chi connectivity index (χ2n) is 4.96. The van der Waals surface area contributed by atoms with Crippen LogP contribution in [0.15, 0.2) is 52.1 Å². The number of hydrogen-bond acceptors (Lipinski definition) is 5. The van der Waals surface area contributed by atoms with E-state index < -0.39 is 0 Å². The monoisotopic (exact) mass is 357 g/mol. The van der Waals surface area contributed by atoms with Gasteiger partial charge in [-0.25, -0.2) is 4.98 Å². The van der Waals surface area contributed by atoms with Crippen LogP contribution in [0.4, 0.5) is 5.69 Å². The summed E-state index contributed by atoms with van der Waals surface area (Å²) < 4.78 is 5.55. The van der Waals surface area contributed by atoms with Gasteiger partial charge < -0.3 is 9.73 Å². The summed E-state index contributed by atoms with van der Waals surface area (Å²) in [5, 5.41) is 12.4. The molecule has 120 valence electrons. The molecule has 0 unspecified atom stereocenters. The summed E-state index contributed by atoms with van der Waals surface area (Å²) in [4.78, 5) is 16.3. The average molecular weight is 358 g/mol. The van der Waals surface area contributed by atoms with E-state index in [1.54, 1.807) is 30.3 Å². The van der Waals surface area contributed by atoms with Crippen LogP contribution in [0.3, 0.4) is 0 Å². The topological polar surface area (TPSA) is 78.9 Å². The Bertz CT molecular complexity index is 916. The molecule has 0 aliphatic heterocycles. The lowest BCUT2D eigenvalue weighted by Gasteiger charge is -2.04. The lowest BCUT2D eigenvalue weighted by atomic mass is 10.1. The number of thioether (sulfide) groups is 1. The summed E-state index contributed by atoms with van der Waals surface area (Å²) in [5.41, 5.74) is 2.90. The molecule has 7 heteroatoms. The number of aromatic nitrogens is 1. The number of anilines is 1. The zero-order valence-electron chi connectivity index (χ0n) is 12.5. The summed E-state index contributed by atoms with van der Waals surface area (Å²) >= 11 is 7.12. The molecule has 0 fully saturated rings. The van der Waals surface area contributed by atoms with Gasteiger partial charge in [0.2, 0.25) is 5.91 Å². The van der Waals surface area contributed by atoms with Crippen LogP contribution in [0.2, 0.25) is 5.02 Å². The number of hydrogen-bond donors (Lipinski definition) is 1. The largest absolute Gasteiger partial charge is 0.431 e. The number of carbonyl (C=O) groups is 1. The number of amides is 1. The maximum Gasteiger partial charge on any atom is 0.257 e. The molecule has 0 bridgehead atoms. The van der Waals surface area contributed by atoms with Gasteiger partial charge >= 0.3 is 0 Å². The highest BCUT2D eigenvalue weighted by Gasteiger charge is 2.10. The van der Waals surface area contributed by atoms with Crippen molar-refractivity contribution in [1.29, 1.82) is 5.26 Å². The summed E-state index contributed by atoms with van der Waals surface area (Å²) in [7, 11) is 0. The molecule has 0 radical (unpaired) electrons. The van der Waals surface area contributed by atoms with Gasteiger partial charge in [-0.15, -0.1) is 0 Å². The molecule has 1 amide bonds. The highest BCUT2D eigenvalue weighted by Crippen LogP contribution is 2.25. The van der Waals surface area contributed by atoms with Gasteiger partial charge in [-0.2, -0.15) is 5.26 Å². The molecule has 0 atom stereocenters. The van der Waals surface area contributed by atoms with Gasteiger partial charge in [0.05, 0.1) is 18.2 Å². The van der Waals surface area contributed by atoms with E-state index in [1.807, 2.05) is 12.1 Å². The van der Waals surface area contributed by atoms with Crippen molar-refractivity contribution >= 4 is 46.1 Å². The minimum absolute atomic E-state index is 0.159. The van der Waals surface area contributed by atoms with E-state index in [4.69, 9.17) is 21.3 Å². The summed E-state index contributed by atoms with van der Waals surface area (Å²) in [6.07, 6.45) is 0.353. The van der Waals surface area contributed by atoms with Crippen LogP contribution < -0.4 is 5.32 Å². The number of rotatable bonds is 5. The van der Waals surface area contributed by atoms with Crippen molar-refractivity contribution in [3.05, 3.63) is 53.1 Å². The summed E-state index contributed by atoms with van der Waals surface area (Å²) in [5.74, 6) is 0.0221. The van der Waals surface area contributed by atoms with E-state index in [0.29, 0.717) is 33.5 Å². The van der Waals surface area contributed by atoms with Gasteiger partial charge in [0.25, 0.3) is 5.22 Å². The fraction of sp³-hybridized carbons (Fsp3) is 0.118. The highest BCUT2D eigenvalue weighted by molar-refractivity contribution is 7.99. The van der Waals surface area contributed by atoms with E-state index in [2.05, 4.69) is 16.4 Å². The lowest BCUT2D eigenvalue weighted by Crippen LogP contribution is -2.13. The van der Waals surface area contributed by atoms with Gasteiger partial charge in [0, 0.05) is 10.7 Å². The zero-order chi connectivity index (χ0) is 16.9. The number of halogens is 1. The van der Waals surface area contributed by atoms with Gasteiger partial charge in [-0.1, -0.05) is 35.5 Å². The fourth-order valence-electron chi connectivity index (χ4n) is 2.06. The quantitative estimate of drug-likeness (QED) is 0.689. The van der Waals surface area contributed by atoms with Crippen molar-refractivity contribution in [2.45, 2.75) is 11.6 Å². The van der Waals surface area contributed by atoms with Crippen LogP contribution in [-0.4, -0.2) is 16.6 Å². The van der Waals surface area contributed by atoms with Crippen molar-refractivity contribution in [2.75, 3.05) is 11.1 Å². The van der Waals surface area contributed by atoms with E-state index in [0.717, 1.165) is 5.56 Å². The molecule has 0 saturated carbocycles. The SMILES string of the molecule is N#CCc1ccc(NC(=O)CSc2nc3cc(Cl)ccc3o2)cc1. The Kier molecular flexibility index (Phi) is 5.04. The van der Waals surface area contributed by atoms with Crippen LogP contribution in [0.1, 0.15) is 5.56 Å². The molecule has 0 saturated heterocycles. The van der Waals surface area contributed by atoms with E-state index in [-0.39, 0.29) is 11.7 Å². The summed E-state index contributed by atoms with van der Waals surface area (Å²) in [6, 6.07) is 14.5. The van der Waals surface area contributed by atoms with Crippen LogP contribution >= 0.6 is 23.4 Å². The first-order valence-electron chi connectivity index (χ1n) is 7.09. The molecule has 1 N–H and O–H groups in total. The molecule has 3 rings (SSSR count). The Morgan fingerprint density at radius 2 is 2.08 bits per heavy atom. The van der Waals surface area contributed by atoms with Crippen molar-refractivity contribution in [1.82, 2.24) is 4.98 Å². The Balaban J connectivity index is 1.57. The maximum absolute atomic E-state index is 12.0. The highest BCUT2D eigenvalue weighted by atomic mass is 35.5. The number of nitrogens with one attached hydrogen (secondary N) is 1. The molecular weight excluding hydrogens is 346 g/mol. The van der Waals surface area contributed by atoms with Crippen molar-refractivity contribution in [3.63, 3.8) is 0 Å². The molecule has 3 aromatic rings. The minimum atomic E-state index is -0.159. The van der Waals surface area contributed by atoms with Crippen molar-refractivity contribution in [2.24, 2.45) is 0 Å². The van der Waals surface area contributed by atoms with E-state index in [1.165, 1.54) is 11.8 Å².